The maximum Gasteiger partial charge on any atom is 0.115 e. The van der Waals surface area contributed by atoms with Crippen molar-refractivity contribution in [3.63, 3.8) is 0 Å². The van der Waals surface area contributed by atoms with Gasteiger partial charge in [0, 0.05) is 0 Å². The van der Waals surface area contributed by atoms with E-state index >= 15 is 0 Å². The molecular weight excluding hydrogens is 328 g/mol. The standard InChI is InChI=1S/C26H38O/c1-5-7-9-11-20(3)23-17-24(21(4)12-10-8-6-2)19-25(18-23)22-13-15-26(27)16-14-22/h13-21,27H,5-12H2,1-4H3. The predicted molar refractivity (Wildman–Crippen MR) is 119 cm³/mol. The van der Waals surface area contributed by atoms with Gasteiger partial charge in [-0.25, -0.2) is 0 Å². The Labute approximate surface area is 166 Å². The lowest BCUT2D eigenvalue weighted by atomic mass is 9.86. The molecule has 0 amide bonds. The first-order valence-electron chi connectivity index (χ1n) is 11.0. The fourth-order valence-corrected chi connectivity index (χ4v) is 3.80. The van der Waals surface area contributed by atoms with Crippen LogP contribution in [0.25, 0.3) is 11.1 Å². The van der Waals surface area contributed by atoms with Gasteiger partial charge in [-0.2, -0.15) is 0 Å². The second kappa shape index (κ2) is 11.2. The molecule has 2 rings (SSSR count). The van der Waals surface area contributed by atoms with Crippen LogP contribution in [-0.2, 0) is 0 Å². The van der Waals surface area contributed by atoms with Gasteiger partial charge in [0.15, 0.2) is 0 Å². The zero-order chi connectivity index (χ0) is 19.6. The first-order valence-corrected chi connectivity index (χ1v) is 11.0. The highest BCUT2D eigenvalue weighted by Crippen LogP contribution is 2.33. The molecule has 2 aromatic carbocycles. The van der Waals surface area contributed by atoms with Crippen LogP contribution >= 0.6 is 0 Å². The third kappa shape index (κ3) is 6.72. The number of phenols is 1. The van der Waals surface area contributed by atoms with Crippen LogP contribution in [0, 0.1) is 0 Å². The lowest BCUT2D eigenvalue weighted by molar-refractivity contribution is 0.475. The molecule has 0 heterocycles. The van der Waals surface area contributed by atoms with Crippen LogP contribution in [0.4, 0.5) is 0 Å². The summed E-state index contributed by atoms with van der Waals surface area (Å²) >= 11 is 0. The molecule has 0 spiro atoms. The smallest absolute Gasteiger partial charge is 0.115 e. The summed E-state index contributed by atoms with van der Waals surface area (Å²) < 4.78 is 0. The molecule has 27 heavy (non-hydrogen) atoms. The Morgan fingerprint density at radius 3 is 1.59 bits per heavy atom. The third-order valence-corrected chi connectivity index (χ3v) is 5.80. The van der Waals surface area contributed by atoms with Gasteiger partial charge in [-0.1, -0.05) is 96.6 Å². The maximum absolute atomic E-state index is 9.63. The van der Waals surface area contributed by atoms with Crippen LogP contribution in [0.3, 0.4) is 0 Å². The molecule has 148 valence electrons. The first-order chi connectivity index (χ1) is 13.0. The largest absolute Gasteiger partial charge is 0.508 e. The van der Waals surface area contributed by atoms with Gasteiger partial charge in [0.05, 0.1) is 0 Å². The summed E-state index contributed by atoms with van der Waals surface area (Å²) in [6.07, 6.45) is 10.3. The molecule has 0 bridgehead atoms. The van der Waals surface area contributed by atoms with E-state index in [1.165, 1.54) is 73.6 Å². The Kier molecular flexibility index (Phi) is 8.91. The van der Waals surface area contributed by atoms with Crippen molar-refractivity contribution in [3.05, 3.63) is 53.6 Å². The normalized spacial score (nSPS) is 13.5. The highest BCUT2D eigenvalue weighted by molar-refractivity contribution is 5.66. The minimum absolute atomic E-state index is 0.330. The average Bonchev–Trinajstić information content (AvgIpc) is 2.68. The summed E-state index contributed by atoms with van der Waals surface area (Å²) in [6, 6.07) is 14.8. The van der Waals surface area contributed by atoms with Gasteiger partial charge in [-0.15, -0.1) is 0 Å². The molecule has 0 saturated carbocycles. The third-order valence-electron chi connectivity index (χ3n) is 5.80. The first kappa shape index (κ1) is 21.5. The molecule has 0 aliphatic carbocycles. The Bertz CT molecular complexity index is 637. The number of rotatable bonds is 11. The summed E-state index contributed by atoms with van der Waals surface area (Å²) in [7, 11) is 0. The van der Waals surface area contributed by atoms with Gasteiger partial charge in [0.2, 0.25) is 0 Å². The van der Waals surface area contributed by atoms with Crippen LogP contribution in [-0.4, -0.2) is 5.11 Å². The van der Waals surface area contributed by atoms with Crippen molar-refractivity contribution in [2.24, 2.45) is 0 Å². The van der Waals surface area contributed by atoms with Gasteiger partial charge >= 0.3 is 0 Å². The van der Waals surface area contributed by atoms with Crippen molar-refractivity contribution in [2.75, 3.05) is 0 Å². The van der Waals surface area contributed by atoms with Crippen LogP contribution in [0.5, 0.6) is 5.75 Å². The fourth-order valence-electron chi connectivity index (χ4n) is 3.80. The highest BCUT2D eigenvalue weighted by atomic mass is 16.3. The maximum atomic E-state index is 9.63. The lowest BCUT2D eigenvalue weighted by Crippen LogP contribution is -2.00. The molecule has 2 unspecified atom stereocenters. The molecule has 0 radical (unpaired) electrons. The Morgan fingerprint density at radius 1 is 0.667 bits per heavy atom. The number of hydrogen-bond donors (Lipinski definition) is 1. The molecule has 2 aromatic rings. The molecule has 0 aliphatic heterocycles. The summed E-state index contributed by atoms with van der Waals surface area (Å²) in [6.45, 7) is 9.28. The van der Waals surface area contributed by atoms with E-state index < -0.39 is 0 Å². The van der Waals surface area contributed by atoms with Crippen LogP contribution in [0.15, 0.2) is 42.5 Å². The highest BCUT2D eigenvalue weighted by Gasteiger charge is 2.13. The molecule has 1 N–H and O–H groups in total. The van der Waals surface area contributed by atoms with E-state index in [0.717, 1.165) is 0 Å². The molecule has 0 aromatic heterocycles. The van der Waals surface area contributed by atoms with Crippen LogP contribution in [0.1, 0.15) is 102 Å². The Hall–Kier alpha value is -1.76. The van der Waals surface area contributed by atoms with E-state index in [4.69, 9.17) is 0 Å². The van der Waals surface area contributed by atoms with Crippen LogP contribution in [0.2, 0.25) is 0 Å². The topological polar surface area (TPSA) is 20.2 Å². The quantitative estimate of drug-likeness (QED) is 0.396. The molecule has 0 aliphatic rings. The summed E-state index contributed by atoms with van der Waals surface area (Å²) in [4.78, 5) is 0. The summed E-state index contributed by atoms with van der Waals surface area (Å²) in [5.41, 5.74) is 5.41. The van der Waals surface area contributed by atoms with E-state index in [1.807, 2.05) is 12.1 Å². The van der Waals surface area contributed by atoms with Crippen molar-refractivity contribution in [1.82, 2.24) is 0 Å². The molecule has 0 saturated heterocycles. The SMILES string of the molecule is CCCCCC(C)c1cc(-c2ccc(O)cc2)cc(C(C)CCCCC)c1. The fraction of sp³-hybridized carbons (Fsp3) is 0.538. The van der Waals surface area contributed by atoms with Crippen molar-refractivity contribution >= 4 is 0 Å². The van der Waals surface area contributed by atoms with Gasteiger partial charge in [-0.05, 0) is 59.1 Å². The molecule has 0 fully saturated rings. The number of phenolic OH excluding ortho intramolecular Hbond substituents is 1. The lowest BCUT2D eigenvalue weighted by Gasteiger charge is -2.19. The zero-order valence-electron chi connectivity index (χ0n) is 17.8. The number of hydrogen-bond acceptors (Lipinski definition) is 1. The van der Waals surface area contributed by atoms with E-state index in [0.29, 0.717) is 17.6 Å². The number of benzene rings is 2. The second-order valence-corrected chi connectivity index (χ2v) is 8.23. The van der Waals surface area contributed by atoms with Gasteiger partial charge < -0.3 is 5.11 Å². The predicted octanol–water partition coefficient (Wildman–Crippen LogP) is 8.43. The summed E-state index contributed by atoms with van der Waals surface area (Å²) in [5, 5.41) is 9.63. The van der Waals surface area contributed by atoms with Gasteiger partial charge in [-0.3, -0.25) is 0 Å². The van der Waals surface area contributed by atoms with E-state index in [1.54, 1.807) is 12.1 Å². The number of aromatic hydroxyl groups is 1. The van der Waals surface area contributed by atoms with E-state index in [2.05, 4.69) is 45.9 Å². The minimum atomic E-state index is 0.330. The van der Waals surface area contributed by atoms with E-state index in [9.17, 15) is 5.11 Å². The number of unbranched alkanes of at least 4 members (excludes halogenated alkanes) is 4. The zero-order valence-corrected chi connectivity index (χ0v) is 17.8. The van der Waals surface area contributed by atoms with Gasteiger partial charge in [0.25, 0.3) is 0 Å². The Balaban J connectivity index is 2.29. The van der Waals surface area contributed by atoms with Gasteiger partial charge in [0.1, 0.15) is 5.75 Å². The van der Waals surface area contributed by atoms with Crippen molar-refractivity contribution in [3.8, 4) is 16.9 Å². The van der Waals surface area contributed by atoms with Crippen LogP contribution < -0.4 is 0 Å². The average molecular weight is 367 g/mol. The van der Waals surface area contributed by atoms with Crippen molar-refractivity contribution in [2.45, 2.75) is 90.9 Å². The molecule has 2 atom stereocenters. The molecule has 1 heteroatoms. The second-order valence-electron chi connectivity index (χ2n) is 8.23. The van der Waals surface area contributed by atoms with Crippen molar-refractivity contribution < 1.29 is 5.11 Å². The minimum Gasteiger partial charge on any atom is -0.508 e. The van der Waals surface area contributed by atoms with Crippen molar-refractivity contribution in [1.29, 1.82) is 0 Å². The monoisotopic (exact) mass is 366 g/mol. The van der Waals surface area contributed by atoms with E-state index in [-0.39, 0.29) is 0 Å². The Morgan fingerprint density at radius 2 is 1.15 bits per heavy atom. The summed E-state index contributed by atoms with van der Waals surface area (Å²) in [5.74, 6) is 1.52. The molecule has 1 nitrogen and oxygen atoms in total. The molecular formula is C26H38O.